The minimum atomic E-state index is -1.40. The number of ether oxygens (including phenoxy) is 1. The summed E-state index contributed by atoms with van der Waals surface area (Å²) in [6, 6.07) is 11.9. The first-order chi connectivity index (χ1) is 20.5. The van der Waals surface area contributed by atoms with E-state index in [1.54, 1.807) is 42.6 Å². The Hall–Kier alpha value is -5.40. The van der Waals surface area contributed by atoms with Crippen LogP contribution in [-0.4, -0.2) is 63.9 Å². The molecule has 3 unspecified atom stereocenters. The maximum Gasteiger partial charge on any atom is 0.408 e. The lowest BCUT2D eigenvalue weighted by Crippen LogP contribution is -2.56. The van der Waals surface area contributed by atoms with Gasteiger partial charge in [-0.1, -0.05) is 48.5 Å². The number of aliphatic carboxylic acids is 1. The zero-order valence-electron chi connectivity index (χ0n) is 23.2. The highest BCUT2D eigenvalue weighted by Crippen LogP contribution is 2.19. The van der Waals surface area contributed by atoms with E-state index in [9.17, 15) is 33.9 Å². The molecule has 14 heteroatoms. The average Bonchev–Trinajstić information content (AvgIpc) is 3.38. The fraction of sp³-hybridized carbons (Fsp3) is 0.310. The van der Waals surface area contributed by atoms with Gasteiger partial charge >= 0.3 is 12.1 Å². The van der Waals surface area contributed by atoms with Crippen LogP contribution in [0.2, 0.25) is 0 Å². The Bertz CT molecular complexity index is 1460. The number of carbonyl (C=O) groups is 6. The first-order valence-electron chi connectivity index (χ1n) is 13.5. The van der Waals surface area contributed by atoms with E-state index in [0.717, 1.165) is 10.9 Å². The number of carboxylic acid groups (broad SMARTS) is 1. The summed E-state index contributed by atoms with van der Waals surface area (Å²) >= 11 is 0. The number of aromatic amines is 1. The second-order valence-corrected chi connectivity index (χ2v) is 9.79. The smallest absolute Gasteiger partial charge is 0.408 e. The van der Waals surface area contributed by atoms with Crippen molar-refractivity contribution in [3.05, 3.63) is 71.9 Å². The van der Waals surface area contributed by atoms with Gasteiger partial charge in [-0.05, 0) is 30.0 Å². The minimum Gasteiger partial charge on any atom is -0.480 e. The summed E-state index contributed by atoms with van der Waals surface area (Å²) in [4.78, 5) is 76.9. The molecule has 0 aliphatic rings. The molecule has 0 radical (unpaired) electrons. The molecule has 2 aromatic carbocycles. The van der Waals surface area contributed by atoms with Gasteiger partial charge in [-0.3, -0.25) is 19.2 Å². The number of alkyl carbamates (subject to hydrolysis) is 1. The molecule has 228 valence electrons. The Morgan fingerprint density at radius 2 is 1.33 bits per heavy atom. The van der Waals surface area contributed by atoms with Crippen LogP contribution >= 0.6 is 0 Å². The number of nitrogens with one attached hydrogen (secondary N) is 4. The molecule has 0 bridgehead atoms. The van der Waals surface area contributed by atoms with E-state index in [0.29, 0.717) is 11.1 Å². The SMILES string of the molecule is NC(=O)CCC(NC(=O)OCc1ccccc1)C(=O)NC(CCC(N)=O)C(=O)NC(Cc1c[nH]c2ccccc12)C(=O)O. The van der Waals surface area contributed by atoms with Crippen molar-refractivity contribution < 1.29 is 38.6 Å². The van der Waals surface area contributed by atoms with Crippen molar-refractivity contribution in [1.82, 2.24) is 20.9 Å². The third-order valence-corrected chi connectivity index (χ3v) is 6.53. The molecule has 0 aliphatic carbocycles. The van der Waals surface area contributed by atoms with Crippen LogP contribution in [0.4, 0.5) is 4.79 Å². The number of aromatic nitrogens is 1. The van der Waals surface area contributed by atoms with E-state index in [1.807, 2.05) is 18.2 Å². The lowest BCUT2D eigenvalue weighted by Gasteiger charge is -2.24. The zero-order valence-corrected chi connectivity index (χ0v) is 23.2. The molecular weight excluding hydrogens is 560 g/mol. The van der Waals surface area contributed by atoms with Crippen molar-refractivity contribution in [2.75, 3.05) is 0 Å². The number of rotatable bonds is 16. The molecule has 3 aromatic rings. The Labute approximate surface area is 246 Å². The number of primary amides is 2. The Balaban J connectivity index is 1.71. The number of carbonyl (C=O) groups excluding carboxylic acids is 5. The van der Waals surface area contributed by atoms with Crippen molar-refractivity contribution in [1.29, 1.82) is 0 Å². The van der Waals surface area contributed by atoms with E-state index in [1.165, 1.54) is 0 Å². The molecule has 0 fully saturated rings. The monoisotopic (exact) mass is 594 g/mol. The van der Waals surface area contributed by atoms with Crippen LogP contribution in [0.5, 0.6) is 0 Å². The van der Waals surface area contributed by atoms with E-state index >= 15 is 0 Å². The summed E-state index contributed by atoms with van der Waals surface area (Å²) < 4.78 is 5.15. The third-order valence-electron chi connectivity index (χ3n) is 6.53. The number of para-hydroxylation sites is 1. The fourth-order valence-corrected chi connectivity index (χ4v) is 4.28. The second-order valence-electron chi connectivity index (χ2n) is 9.79. The van der Waals surface area contributed by atoms with Crippen LogP contribution < -0.4 is 27.4 Å². The predicted octanol–water partition coefficient (Wildman–Crippen LogP) is 0.591. The largest absolute Gasteiger partial charge is 0.480 e. The highest BCUT2D eigenvalue weighted by molar-refractivity contribution is 5.94. The molecule has 43 heavy (non-hydrogen) atoms. The molecule has 3 atom stereocenters. The molecule has 3 rings (SSSR count). The first-order valence-corrected chi connectivity index (χ1v) is 13.5. The second kappa shape index (κ2) is 15.6. The van der Waals surface area contributed by atoms with E-state index < -0.39 is 53.8 Å². The van der Waals surface area contributed by atoms with E-state index in [-0.39, 0.29) is 38.7 Å². The minimum absolute atomic E-state index is 0.0718. The molecule has 0 saturated carbocycles. The van der Waals surface area contributed by atoms with Gasteiger partial charge in [0.25, 0.3) is 0 Å². The number of amides is 5. The van der Waals surface area contributed by atoms with Gasteiger partial charge < -0.3 is 42.2 Å². The van der Waals surface area contributed by atoms with Gasteiger partial charge in [-0.25, -0.2) is 9.59 Å². The van der Waals surface area contributed by atoms with Crippen LogP contribution in [0.25, 0.3) is 10.9 Å². The van der Waals surface area contributed by atoms with Crippen molar-refractivity contribution in [2.24, 2.45) is 11.5 Å². The topological polar surface area (TPSA) is 236 Å². The normalized spacial score (nSPS) is 12.8. The summed E-state index contributed by atoms with van der Waals surface area (Å²) in [7, 11) is 0. The molecule has 0 saturated heterocycles. The zero-order chi connectivity index (χ0) is 31.4. The molecule has 9 N–H and O–H groups in total. The number of hydrogen-bond acceptors (Lipinski definition) is 7. The van der Waals surface area contributed by atoms with Crippen LogP contribution in [0.15, 0.2) is 60.8 Å². The maximum absolute atomic E-state index is 13.2. The predicted molar refractivity (Wildman–Crippen MR) is 154 cm³/mol. The van der Waals surface area contributed by atoms with Crippen LogP contribution in [-0.2, 0) is 41.7 Å². The van der Waals surface area contributed by atoms with Crippen molar-refractivity contribution in [3.8, 4) is 0 Å². The van der Waals surface area contributed by atoms with Gasteiger partial charge in [-0.15, -0.1) is 0 Å². The molecule has 14 nitrogen and oxygen atoms in total. The Morgan fingerprint density at radius 3 is 1.93 bits per heavy atom. The van der Waals surface area contributed by atoms with Crippen LogP contribution in [0, 0.1) is 0 Å². The maximum atomic E-state index is 13.2. The molecule has 1 heterocycles. The molecule has 0 spiro atoms. The average molecular weight is 595 g/mol. The van der Waals surface area contributed by atoms with Gasteiger partial charge in [0.2, 0.25) is 23.6 Å². The first kappa shape index (κ1) is 32.1. The fourth-order valence-electron chi connectivity index (χ4n) is 4.28. The lowest BCUT2D eigenvalue weighted by molar-refractivity contribution is -0.142. The summed E-state index contributed by atoms with van der Waals surface area (Å²) in [6.45, 7) is -0.0898. The third kappa shape index (κ3) is 10.2. The standard InChI is InChI=1S/C29H34N6O8/c30-24(36)12-10-21(26(38)34-23(28(40)41)14-18-15-32-20-9-5-4-8-19(18)20)33-27(39)22(11-13-25(31)37)35-29(42)43-16-17-6-2-1-3-7-17/h1-9,15,21-23,32H,10-14,16H2,(H2,30,36)(H2,31,37)(H,33,39)(H,34,38)(H,35,42)(H,40,41). The van der Waals surface area contributed by atoms with E-state index in [2.05, 4.69) is 20.9 Å². The van der Waals surface area contributed by atoms with Gasteiger partial charge in [-0.2, -0.15) is 0 Å². The van der Waals surface area contributed by atoms with Gasteiger partial charge in [0.15, 0.2) is 0 Å². The Kier molecular flexibility index (Phi) is 11.6. The van der Waals surface area contributed by atoms with Crippen LogP contribution in [0.3, 0.4) is 0 Å². The summed E-state index contributed by atoms with van der Waals surface area (Å²) in [5.41, 5.74) is 12.6. The van der Waals surface area contributed by atoms with Crippen molar-refractivity contribution >= 4 is 46.6 Å². The van der Waals surface area contributed by atoms with Crippen LogP contribution in [0.1, 0.15) is 36.8 Å². The number of hydrogen-bond donors (Lipinski definition) is 7. The summed E-state index contributed by atoms with van der Waals surface area (Å²) in [6.07, 6.45) is -0.450. The van der Waals surface area contributed by atoms with Gasteiger partial charge in [0.05, 0.1) is 0 Å². The quantitative estimate of drug-likeness (QED) is 0.124. The van der Waals surface area contributed by atoms with Gasteiger partial charge in [0, 0.05) is 36.4 Å². The summed E-state index contributed by atoms with van der Waals surface area (Å²) in [5.74, 6) is -4.58. The molecule has 0 aliphatic heterocycles. The number of carboxylic acids is 1. The number of nitrogens with two attached hydrogens (primary N) is 2. The lowest BCUT2D eigenvalue weighted by atomic mass is 10.0. The Morgan fingerprint density at radius 1 is 0.767 bits per heavy atom. The van der Waals surface area contributed by atoms with E-state index in [4.69, 9.17) is 16.2 Å². The number of benzene rings is 2. The highest BCUT2D eigenvalue weighted by atomic mass is 16.5. The highest BCUT2D eigenvalue weighted by Gasteiger charge is 2.30. The number of H-pyrrole nitrogens is 1. The van der Waals surface area contributed by atoms with Crippen molar-refractivity contribution in [2.45, 2.75) is 56.8 Å². The molecule has 5 amide bonds. The number of fused-ring (bicyclic) bond motifs is 1. The van der Waals surface area contributed by atoms with Crippen molar-refractivity contribution in [3.63, 3.8) is 0 Å². The molecule has 1 aromatic heterocycles. The van der Waals surface area contributed by atoms with Gasteiger partial charge in [0.1, 0.15) is 24.7 Å². The molecular formula is C29H34N6O8. The summed E-state index contributed by atoms with van der Waals surface area (Å²) in [5, 5.41) is 17.8.